The van der Waals surface area contributed by atoms with Gasteiger partial charge in [-0.05, 0) is 33.6 Å². The van der Waals surface area contributed by atoms with Crippen LogP contribution in [-0.4, -0.2) is 51.0 Å². The Hall–Kier alpha value is -2.71. The molecule has 1 aliphatic carbocycles. The van der Waals surface area contributed by atoms with Gasteiger partial charge in [0.2, 0.25) is 11.8 Å². The first-order chi connectivity index (χ1) is 13.8. The van der Waals surface area contributed by atoms with Crippen molar-refractivity contribution >= 4 is 29.5 Å². The number of ether oxygens (including phenoxy) is 1. The Morgan fingerprint density at radius 1 is 1.17 bits per heavy atom. The fraction of sp³-hybridized carbons (Fsp3) is 0.650. The van der Waals surface area contributed by atoms with E-state index in [1.165, 1.54) is 11.8 Å². The van der Waals surface area contributed by atoms with E-state index >= 15 is 0 Å². The number of hydrogen-bond donors (Lipinski definition) is 1. The van der Waals surface area contributed by atoms with Gasteiger partial charge in [-0.25, -0.2) is 4.68 Å². The topological polar surface area (TPSA) is 111 Å². The summed E-state index contributed by atoms with van der Waals surface area (Å²) in [4.78, 5) is 50.5. The first kappa shape index (κ1) is 21.0. The van der Waals surface area contributed by atoms with Crippen molar-refractivity contribution in [2.75, 3.05) is 11.9 Å². The lowest BCUT2D eigenvalue weighted by atomic mass is 9.81. The molecule has 1 saturated heterocycles. The summed E-state index contributed by atoms with van der Waals surface area (Å²) in [5.74, 6) is -1.41. The number of carbonyl (C=O) groups excluding carboxylic acids is 4. The van der Waals surface area contributed by atoms with Crippen molar-refractivity contribution in [3.05, 3.63) is 12.3 Å². The molecule has 3 rings (SSSR count). The maximum absolute atomic E-state index is 12.4. The lowest BCUT2D eigenvalue weighted by Gasteiger charge is -2.19. The van der Waals surface area contributed by atoms with Gasteiger partial charge in [0.25, 0.3) is 5.91 Å². The largest absolute Gasteiger partial charge is 0.452 e. The minimum Gasteiger partial charge on any atom is -0.452 e. The fourth-order valence-corrected chi connectivity index (χ4v) is 4.02. The van der Waals surface area contributed by atoms with E-state index in [2.05, 4.69) is 10.4 Å². The number of imide groups is 1. The molecule has 0 aromatic carbocycles. The molecule has 1 aromatic heterocycles. The second kappa shape index (κ2) is 8.75. The van der Waals surface area contributed by atoms with Crippen molar-refractivity contribution in [3.8, 4) is 0 Å². The van der Waals surface area contributed by atoms with Crippen LogP contribution in [0.2, 0.25) is 0 Å². The second-order valence-corrected chi connectivity index (χ2v) is 7.95. The van der Waals surface area contributed by atoms with E-state index in [4.69, 9.17) is 4.74 Å². The molecule has 29 heavy (non-hydrogen) atoms. The summed E-state index contributed by atoms with van der Waals surface area (Å²) < 4.78 is 6.83. The number of esters is 1. The molecule has 2 fully saturated rings. The van der Waals surface area contributed by atoms with Crippen LogP contribution in [0.15, 0.2) is 12.3 Å². The number of amides is 3. The summed E-state index contributed by atoms with van der Waals surface area (Å²) in [6.45, 7) is 5.34. The van der Waals surface area contributed by atoms with Crippen LogP contribution >= 0.6 is 0 Å². The molecule has 9 heteroatoms. The Morgan fingerprint density at radius 2 is 1.79 bits per heavy atom. The van der Waals surface area contributed by atoms with E-state index in [0.717, 1.165) is 25.7 Å². The molecule has 0 bridgehead atoms. The van der Waals surface area contributed by atoms with Gasteiger partial charge in [0.1, 0.15) is 5.82 Å². The van der Waals surface area contributed by atoms with Crippen LogP contribution < -0.4 is 5.32 Å². The van der Waals surface area contributed by atoms with Crippen LogP contribution in [0.25, 0.3) is 0 Å². The molecule has 2 heterocycles. The summed E-state index contributed by atoms with van der Waals surface area (Å²) in [5.41, 5.74) is 0. The highest BCUT2D eigenvalue weighted by atomic mass is 16.5. The summed E-state index contributed by atoms with van der Waals surface area (Å²) in [6, 6.07) is 1.73. The average molecular weight is 404 g/mol. The van der Waals surface area contributed by atoms with Gasteiger partial charge in [-0.3, -0.25) is 24.1 Å². The summed E-state index contributed by atoms with van der Waals surface area (Å²) in [5, 5.41) is 6.82. The fourth-order valence-electron chi connectivity index (χ4n) is 4.02. The Kier molecular flexibility index (Phi) is 6.34. The third-order valence-corrected chi connectivity index (χ3v) is 5.56. The molecule has 3 atom stereocenters. The number of aromatic nitrogens is 2. The summed E-state index contributed by atoms with van der Waals surface area (Å²) in [6.07, 6.45) is 3.83. The lowest BCUT2D eigenvalue weighted by molar-refractivity contribution is -0.154. The minimum atomic E-state index is -1.01. The Labute approximate surface area is 169 Å². The lowest BCUT2D eigenvalue weighted by Crippen LogP contribution is -2.35. The zero-order chi connectivity index (χ0) is 21.1. The highest BCUT2D eigenvalue weighted by Gasteiger charge is 2.47. The van der Waals surface area contributed by atoms with Gasteiger partial charge >= 0.3 is 5.97 Å². The maximum atomic E-state index is 12.4. The first-order valence-electron chi connectivity index (χ1n) is 10.2. The number of carbonyl (C=O) groups is 4. The van der Waals surface area contributed by atoms with Crippen LogP contribution in [0.3, 0.4) is 0 Å². The zero-order valence-electron chi connectivity index (χ0n) is 17.1. The van der Waals surface area contributed by atoms with Gasteiger partial charge in [-0.2, -0.15) is 5.10 Å². The minimum absolute atomic E-state index is 0.00202. The van der Waals surface area contributed by atoms with Crippen molar-refractivity contribution in [1.82, 2.24) is 14.7 Å². The summed E-state index contributed by atoms with van der Waals surface area (Å²) in [7, 11) is 0. The zero-order valence-corrected chi connectivity index (χ0v) is 17.1. The Morgan fingerprint density at radius 3 is 2.38 bits per heavy atom. The van der Waals surface area contributed by atoms with Crippen molar-refractivity contribution in [2.24, 2.45) is 11.8 Å². The van der Waals surface area contributed by atoms with E-state index in [1.807, 2.05) is 13.8 Å². The Balaban J connectivity index is 1.49. The van der Waals surface area contributed by atoms with Crippen LogP contribution in [0.1, 0.15) is 58.9 Å². The smallest absolute Gasteiger partial charge is 0.308 e. The van der Waals surface area contributed by atoms with Crippen LogP contribution in [0, 0.1) is 11.8 Å². The third kappa shape index (κ3) is 4.49. The Bertz CT molecular complexity index is 779. The first-order valence-corrected chi connectivity index (χ1v) is 10.2. The molecule has 158 valence electrons. The molecule has 0 radical (unpaired) electrons. The SMILES string of the molecule is CC(C)n1nccc1NC(=O)[C@H](C)OC(=O)CCN1C(=O)[C@@H]2CCCC[C@H]2C1=O. The molecule has 3 amide bonds. The van der Waals surface area contributed by atoms with Gasteiger partial charge in [-0.1, -0.05) is 12.8 Å². The monoisotopic (exact) mass is 404 g/mol. The predicted molar refractivity (Wildman–Crippen MR) is 104 cm³/mol. The standard InChI is InChI=1S/C20H28N4O5/c1-12(2)24-16(8-10-21-24)22-18(26)13(3)29-17(25)9-11-23-19(27)14-6-4-5-7-15(14)20(23)28/h8,10,12-15H,4-7,9,11H2,1-3H3,(H,22,26)/t13-,14+,15+/m0/s1. The van der Waals surface area contributed by atoms with Gasteiger partial charge in [0.15, 0.2) is 6.10 Å². The van der Waals surface area contributed by atoms with Gasteiger partial charge in [0, 0.05) is 18.7 Å². The number of fused-ring (bicyclic) bond motifs is 1. The third-order valence-electron chi connectivity index (χ3n) is 5.56. The van der Waals surface area contributed by atoms with Crippen molar-refractivity contribution in [3.63, 3.8) is 0 Å². The summed E-state index contributed by atoms with van der Waals surface area (Å²) >= 11 is 0. The molecular weight excluding hydrogens is 376 g/mol. The second-order valence-electron chi connectivity index (χ2n) is 7.95. The molecule has 1 aliphatic heterocycles. The average Bonchev–Trinajstić information content (AvgIpc) is 3.24. The van der Waals surface area contributed by atoms with Crippen LogP contribution in [0.4, 0.5) is 5.82 Å². The molecule has 1 saturated carbocycles. The van der Waals surface area contributed by atoms with E-state index < -0.39 is 18.0 Å². The molecule has 1 aromatic rings. The number of hydrogen-bond acceptors (Lipinski definition) is 6. The van der Waals surface area contributed by atoms with E-state index in [0.29, 0.717) is 5.82 Å². The van der Waals surface area contributed by atoms with Crippen molar-refractivity contribution in [1.29, 1.82) is 0 Å². The molecule has 9 nitrogen and oxygen atoms in total. The van der Waals surface area contributed by atoms with E-state index in [1.54, 1.807) is 16.9 Å². The quantitative estimate of drug-likeness (QED) is 0.549. The number of nitrogens with one attached hydrogen (secondary N) is 1. The van der Waals surface area contributed by atoms with Gasteiger partial charge < -0.3 is 10.1 Å². The molecule has 0 unspecified atom stereocenters. The predicted octanol–water partition coefficient (Wildman–Crippen LogP) is 1.90. The normalized spacial score (nSPS) is 22.6. The van der Waals surface area contributed by atoms with Gasteiger partial charge in [0.05, 0.1) is 24.5 Å². The molecule has 2 aliphatic rings. The molecular formula is C20H28N4O5. The van der Waals surface area contributed by atoms with Crippen LogP contribution in [-0.2, 0) is 23.9 Å². The molecule has 0 spiro atoms. The van der Waals surface area contributed by atoms with Crippen molar-refractivity contribution < 1.29 is 23.9 Å². The number of nitrogens with zero attached hydrogens (tertiary/aromatic N) is 3. The highest BCUT2D eigenvalue weighted by Crippen LogP contribution is 2.37. The highest BCUT2D eigenvalue weighted by molar-refractivity contribution is 6.05. The van der Waals surface area contributed by atoms with E-state index in [-0.39, 0.29) is 42.7 Å². The number of rotatable bonds is 7. The number of anilines is 1. The van der Waals surface area contributed by atoms with E-state index in [9.17, 15) is 19.2 Å². The van der Waals surface area contributed by atoms with Crippen LogP contribution in [0.5, 0.6) is 0 Å². The maximum Gasteiger partial charge on any atom is 0.308 e. The number of likely N-dealkylation sites (tertiary alicyclic amines) is 1. The van der Waals surface area contributed by atoms with Crippen molar-refractivity contribution in [2.45, 2.75) is 65.0 Å². The van der Waals surface area contributed by atoms with Gasteiger partial charge in [-0.15, -0.1) is 0 Å². The molecule has 1 N–H and O–H groups in total.